The maximum absolute atomic E-state index is 11.1. The maximum atomic E-state index is 11.1. The first-order chi connectivity index (χ1) is 7.17. The summed E-state index contributed by atoms with van der Waals surface area (Å²) in [5, 5.41) is 3.97. The lowest BCUT2D eigenvalue weighted by Gasteiger charge is -2.07. The molecule has 1 aromatic heterocycles. The smallest absolute Gasteiger partial charge is 0.349 e. The number of ether oxygens (including phenoxy) is 1. The highest BCUT2D eigenvalue weighted by Gasteiger charge is 2.10. The largest absolute Gasteiger partial charge is 0.465 e. The third-order valence-electron chi connectivity index (χ3n) is 2.19. The van der Waals surface area contributed by atoms with Crippen molar-refractivity contribution in [3.8, 4) is 0 Å². The maximum Gasteiger partial charge on any atom is 0.349 e. The summed E-state index contributed by atoms with van der Waals surface area (Å²) in [5.41, 5.74) is 0. The summed E-state index contributed by atoms with van der Waals surface area (Å²) >= 11 is 1.32. The quantitative estimate of drug-likeness (QED) is 0.786. The number of carbonyl (C=O) groups is 1. The zero-order valence-electron chi connectivity index (χ0n) is 9.24. The summed E-state index contributed by atoms with van der Waals surface area (Å²) in [6.07, 6.45) is 2.66. The van der Waals surface area contributed by atoms with Crippen LogP contribution in [-0.4, -0.2) is 24.6 Å². The lowest BCUT2D eigenvalue weighted by molar-refractivity contribution is 0.0606. The van der Waals surface area contributed by atoms with Crippen LogP contribution in [0.1, 0.15) is 29.9 Å². The summed E-state index contributed by atoms with van der Waals surface area (Å²) in [5.74, 6) is 0.277. The molecule has 5 heteroatoms. The molecular formula is C10H16N2O2S. The average molecular weight is 228 g/mol. The molecule has 0 amide bonds. The Kier molecular flexibility index (Phi) is 4.55. The molecule has 1 heterocycles. The summed E-state index contributed by atoms with van der Waals surface area (Å²) in [6.45, 7) is 5.19. The minimum Gasteiger partial charge on any atom is -0.465 e. The van der Waals surface area contributed by atoms with Crippen LogP contribution in [0.3, 0.4) is 0 Å². The van der Waals surface area contributed by atoms with Crippen LogP contribution in [0.15, 0.2) is 6.20 Å². The van der Waals surface area contributed by atoms with E-state index in [1.165, 1.54) is 24.6 Å². The number of nitrogens with one attached hydrogen (secondary N) is 1. The van der Waals surface area contributed by atoms with E-state index in [9.17, 15) is 4.79 Å². The molecule has 1 atom stereocenters. The number of thiazole rings is 1. The highest BCUT2D eigenvalue weighted by molar-refractivity contribution is 7.17. The fourth-order valence-corrected chi connectivity index (χ4v) is 1.70. The van der Waals surface area contributed by atoms with Gasteiger partial charge < -0.3 is 10.1 Å². The van der Waals surface area contributed by atoms with Gasteiger partial charge in [0.15, 0.2) is 5.13 Å². The molecule has 1 aromatic rings. The van der Waals surface area contributed by atoms with Crippen LogP contribution in [0.5, 0.6) is 0 Å². The van der Waals surface area contributed by atoms with Gasteiger partial charge in [0.1, 0.15) is 4.88 Å². The van der Waals surface area contributed by atoms with Crippen molar-refractivity contribution < 1.29 is 9.53 Å². The molecule has 15 heavy (non-hydrogen) atoms. The van der Waals surface area contributed by atoms with Crippen molar-refractivity contribution in [2.45, 2.75) is 20.3 Å². The van der Waals surface area contributed by atoms with Crippen LogP contribution in [0.25, 0.3) is 0 Å². The average Bonchev–Trinajstić information content (AvgIpc) is 2.73. The van der Waals surface area contributed by atoms with Gasteiger partial charge >= 0.3 is 5.97 Å². The van der Waals surface area contributed by atoms with Gasteiger partial charge in [0.2, 0.25) is 0 Å². The summed E-state index contributed by atoms with van der Waals surface area (Å²) in [6, 6.07) is 0. The number of hydrogen-bond donors (Lipinski definition) is 1. The van der Waals surface area contributed by atoms with Crippen molar-refractivity contribution in [1.82, 2.24) is 4.98 Å². The van der Waals surface area contributed by atoms with Crippen molar-refractivity contribution in [3.05, 3.63) is 11.1 Å². The number of esters is 1. The predicted octanol–water partition coefficient (Wildman–Crippen LogP) is 2.39. The molecule has 0 saturated carbocycles. The van der Waals surface area contributed by atoms with Gasteiger partial charge in [-0.05, 0) is 5.92 Å². The van der Waals surface area contributed by atoms with E-state index < -0.39 is 0 Å². The molecule has 0 radical (unpaired) electrons. The number of carbonyl (C=O) groups excluding carboxylic acids is 1. The fraction of sp³-hybridized carbons (Fsp3) is 0.600. The monoisotopic (exact) mass is 228 g/mol. The van der Waals surface area contributed by atoms with Gasteiger partial charge in [-0.1, -0.05) is 31.6 Å². The van der Waals surface area contributed by atoms with Crippen LogP contribution in [0, 0.1) is 5.92 Å². The lowest BCUT2D eigenvalue weighted by atomic mass is 10.1. The number of rotatable bonds is 5. The Labute approximate surface area is 93.7 Å². The first-order valence-electron chi connectivity index (χ1n) is 4.95. The molecule has 0 aliphatic rings. The minimum absolute atomic E-state index is 0.330. The Balaban J connectivity index is 2.49. The van der Waals surface area contributed by atoms with Gasteiger partial charge in [0.25, 0.3) is 0 Å². The molecule has 1 unspecified atom stereocenters. The summed E-state index contributed by atoms with van der Waals surface area (Å²) in [4.78, 5) is 15.8. The van der Waals surface area contributed by atoms with Gasteiger partial charge in [-0.15, -0.1) is 0 Å². The molecule has 0 bridgehead atoms. The van der Waals surface area contributed by atoms with Gasteiger partial charge in [0.05, 0.1) is 13.3 Å². The van der Waals surface area contributed by atoms with E-state index in [0.29, 0.717) is 10.8 Å². The van der Waals surface area contributed by atoms with Crippen molar-refractivity contribution in [2.24, 2.45) is 5.92 Å². The molecular weight excluding hydrogens is 212 g/mol. The van der Waals surface area contributed by atoms with Gasteiger partial charge in [-0.2, -0.15) is 0 Å². The van der Waals surface area contributed by atoms with E-state index in [-0.39, 0.29) is 5.97 Å². The van der Waals surface area contributed by atoms with E-state index in [1.807, 2.05) is 0 Å². The van der Waals surface area contributed by atoms with Crippen molar-refractivity contribution in [1.29, 1.82) is 0 Å². The molecule has 1 rings (SSSR count). The third-order valence-corrected chi connectivity index (χ3v) is 3.13. The van der Waals surface area contributed by atoms with Crippen LogP contribution in [0.4, 0.5) is 5.13 Å². The lowest BCUT2D eigenvalue weighted by Crippen LogP contribution is -2.09. The summed E-state index contributed by atoms with van der Waals surface area (Å²) in [7, 11) is 1.37. The molecule has 4 nitrogen and oxygen atoms in total. The van der Waals surface area contributed by atoms with Crippen LogP contribution in [-0.2, 0) is 4.74 Å². The zero-order valence-corrected chi connectivity index (χ0v) is 10.1. The topological polar surface area (TPSA) is 51.2 Å². The van der Waals surface area contributed by atoms with Crippen molar-refractivity contribution in [3.63, 3.8) is 0 Å². The van der Waals surface area contributed by atoms with Crippen LogP contribution in [0.2, 0.25) is 0 Å². The zero-order chi connectivity index (χ0) is 11.3. The number of hydrogen-bond acceptors (Lipinski definition) is 5. The van der Waals surface area contributed by atoms with Crippen LogP contribution >= 0.6 is 11.3 Å². The Hall–Kier alpha value is -1.10. The van der Waals surface area contributed by atoms with Crippen molar-refractivity contribution in [2.75, 3.05) is 19.0 Å². The second-order valence-corrected chi connectivity index (χ2v) is 4.45. The second kappa shape index (κ2) is 5.70. The van der Waals surface area contributed by atoms with Gasteiger partial charge in [-0.25, -0.2) is 9.78 Å². The van der Waals surface area contributed by atoms with E-state index >= 15 is 0 Å². The predicted molar refractivity (Wildman–Crippen MR) is 61.4 cm³/mol. The minimum atomic E-state index is -0.330. The molecule has 0 aromatic carbocycles. The number of methoxy groups -OCH3 is 1. The van der Waals surface area contributed by atoms with E-state index in [4.69, 9.17) is 0 Å². The molecule has 0 fully saturated rings. The Morgan fingerprint density at radius 2 is 2.47 bits per heavy atom. The van der Waals surface area contributed by atoms with E-state index in [2.05, 4.69) is 28.9 Å². The molecule has 0 spiro atoms. The van der Waals surface area contributed by atoms with E-state index in [1.54, 1.807) is 0 Å². The fourth-order valence-electron chi connectivity index (χ4n) is 0.957. The van der Waals surface area contributed by atoms with Gasteiger partial charge in [-0.3, -0.25) is 0 Å². The number of aromatic nitrogens is 1. The standard InChI is InChI=1S/C10H16N2O2S/c1-4-7(2)5-11-10-12-6-8(15-10)9(13)14-3/h6-7H,4-5H2,1-3H3,(H,11,12). The van der Waals surface area contributed by atoms with E-state index in [0.717, 1.165) is 18.1 Å². The molecule has 0 aliphatic carbocycles. The first-order valence-corrected chi connectivity index (χ1v) is 5.77. The number of nitrogens with zero attached hydrogens (tertiary/aromatic N) is 1. The molecule has 0 aliphatic heterocycles. The normalized spacial score (nSPS) is 12.2. The van der Waals surface area contributed by atoms with Crippen LogP contribution < -0.4 is 5.32 Å². The number of anilines is 1. The molecule has 0 saturated heterocycles. The van der Waals surface area contributed by atoms with Crippen molar-refractivity contribution >= 4 is 22.4 Å². The third kappa shape index (κ3) is 3.51. The Bertz CT molecular complexity index is 325. The first kappa shape index (κ1) is 12.0. The second-order valence-electron chi connectivity index (χ2n) is 3.42. The van der Waals surface area contributed by atoms with Gasteiger partial charge in [0, 0.05) is 6.54 Å². The Morgan fingerprint density at radius 3 is 3.07 bits per heavy atom. The highest BCUT2D eigenvalue weighted by atomic mass is 32.1. The Morgan fingerprint density at radius 1 is 1.73 bits per heavy atom. The molecule has 84 valence electrons. The molecule has 1 N–H and O–H groups in total. The highest BCUT2D eigenvalue weighted by Crippen LogP contribution is 2.19. The summed E-state index contributed by atoms with van der Waals surface area (Å²) < 4.78 is 4.60. The SMILES string of the molecule is CCC(C)CNc1ncc(C(=O)OC)s1.